The normalized spacial score (nSPS) is 16.2. The van der Waals surface area contributed by atoms with Crippen LogP contribution in [0.4, 0.5) is 0 Å². The van der Waals surface area contributed by atoms with E-state index in [-0.39, 0.29) is 17.8 Å². The van der Waals surface area contributed by atoms with Crippen LogP contribution < -0.4 is 0 Å². The Morgan fingerprint density at radius 2 is 1.81 bits per heavy atom. The minimum atomic E-state index is -1.82. The molecule has 1 aliphatic heterocycles. The van der Waals surface area contributed by atoms with E-state index in [1.54, 1.807) is 11.9 Å². The zero-order chi connectivity index (χ0) is 20.1. The van der Waals surface area contributed by atoms with Crippen molar-refractivity contribution in [1.29, 1.82) is 0 Å². The number of carboxylic acids is 2. The molecule has 1 atom stereocenters. The Hall–Kier alpha value is -2.60. The number of hydrogen-bond donors (Lipinski definition) is 2. The van der Waals surface area contributed by atoms with Crippen LogP contribution in [0.2, 0.25) is 0 Å². The molecule has 1 amide bonds. The Morgan fingerprint density at radius 1 is 1.19 bits per heavy atom. The van der Waals surface area contributed by atoms with Gasteiger partial charge < -0.3 is 19.8 Å². The van der Waals surface area contributed by atoms with E-state index in [4.69, 9.17) is 24.5 Å². The van der Waals surface area contributed by atoms with Gasteiger partial charge in [0.25, 0.3) is 0 Å². The average Bonchev–Trinajstić information content (AvgIpc) is 2.59. The lowest BCUT2D eigenvalue weighted by Gasteiger charge is -2.29. The standard InChI is InChI=1S/C15H24N2O3.C2H2O4/c1-4-20-15(19)14-8-7-11-17(12-14)10-6-5-9-16(3)13(2)18;3-1(4)2(5)6/h14H,4,7-12H2,1-3H3;(H,3,4)(H,5,6). The van der Waals surface area contributed by atoms with Gasteiger partial charge in [-0.3, -0.25) is 14.5 Å². The van der Waals surface area contributed by atoms with E-state index >= 15 is 0 Å². The highest BCUT2D eigenvalue weighted by Crippen LogP contribution is 2.17. The van der Waals surface area contributed by atoms with Crippen LogP contribution in [-0.4, -0.2) is 83.7 Å². The van der Waals surface area contributed by atoms with E-state index < -0.39 is 11.9 Å². The molecule has 0 radical (unpaired) electrons. The van der Waals surface area contributed by atoms with Crippen molar-refractivity contribution in [2.45, 2.75) is 26.7 Å². The second-order valence-corrected chi connectivity index (χ2v) is 5.67. The molecule has 0 bridgehead atoms. The summed E-state index contributed by atoms with van der Waals surface area (Å²) in [6.45, 7) is 6.56. The molecule has 1 fully saturated rings. The number of nitrogens with zero attached hydrogens (tertiary/aromatic N) is 2. The largest absolute Gasteiger partial charge is 0.473 e. The topological polar surface area (TPSA) is 124 Å². The number of carbonyl (C=O) groups is 4. The molecule has 1 rings (SSSR count). The summed E-state index contributed by atoms with van der Waals surface area (Å²) in [6, 6.07) is 0. The number of ether oxygens (including phenoxy) is 1. The Labute approximate surface area is 152 Å². The highest BCUT2D eigenvalue weighted by molar-refractivity contribution is 6.27. The zero-order valence-corrected chi connectivity index (χ0v) is 15.4. The Kier molecular flexibility index (Phi) is 11.4. The van der Waals surface area contributed by atoms with Gasteiger partial charge in [-0.1, -0.05) is 11.8 Å². The first-order chi connectivity index (χ1) is 12.2. The third-order valence-corrected chi connectivity index (χ3v) is 3.59. The van der Waals surface area contributed by atoms with Gasteiger partial charge in [0.1, 0.15) is 0 Å². The fraction of sp³-hybridized carbons (Fsp3) is 0.647. The van der Waals surface area contributed by atoms with E-state index in [0.29, 0.717) is 19.7 Å². The molecule has 1 saturated heterocycles. The lowest BCUT2D eigenvalue weighted by molar-refractivity contribution is -0.159. The monoisotopic (exact) mass is 370 g/mol. The number of amides is 1. The second-order valence-electron chi connectivity index (χ2n) is 5.67. The van der Waals surface area contributed by atoms with Gasteiger partial charge in [0.05, 0.1) is 25.6 Å². The minimum absolute atomic E-state index is 0.0136. The van der Waals surface area contributed by atoms with Gasteiger partial charge in [0, 0.05) is 20.5 Å². The number of piperidine rings is 1. The molecule has 0 spiro atoms. The zero-order valence-electron chi connectivity index (χ0n) is 15.4. The molecular weight excluding hydrogens is 344 g/mol. The summed E-state index contributed by atoms with van der Waals surface area (Å²) in [5, 5.41) is 14.8. The van der Waals surface area contributed by atoms with Crippen molar-refractivity contribution in [3.05, 3.63) is 0 Å². The molecule has 9 heteroatoms. The number of hydrogen-bond acceptors (Lipinski definition) is 6. The molecule has 0 saturated carbocycles. The first kappa shape index (κ1) is 23.4. The maximum atomic E-state index is 11.7. The van der Waals surface area contributed by atoms with E-state index in [1.165, 1.54) is 6.92 Å². The number of likely N-dealkylation sites (tertiary alicyclic amines) is 1. The number of rotatable bonds is 4. The van der Waals surface area contributed by atoms with Crippen molar-refractivity contribution in [2.24, 2.45) is 5.92 Å². The number of carbonyl (C=O) groups excluding carboxylic acids is 2. The fourth-order valence-corrected chi connectivity index (χ4v) is 2.11. The molecule has 2 N–H and O–H groups in total. The lowest BCUT2D eigenvalue weighted by Crippen LogP contribution is -2.39. The van der Waals surface area contributed by atoms with Gasteiger partial charge in [-0.15, -0.1) is 0 Å². The van der Waals surface area contributed by atoms with Crippen LogP contribution >= 0.6 is 0 Å². The Balaban J connectivity index is 0.000000896. The predicted molar refractivity (Wildman–Crippen MR) is 92.2 cm³/mol. The predicted octanol–water partition coefficient (Wildman–Crippen LogP) is -0.101. The SMILES string of the molecule is CCOC(=O)C1CCCN(CC#CCN(C)C(C)=O)C1.O=C(O)C(=O)O. The van der Waals surface area contributed by atoms with Gasteiger partial charge in [-0.2, -0.15) is 0 Å². The second kappa shape index (κ2) is 12.7. The highest BCUT2D eigenvalue weighted by Gasteiger charge is 2.26. The fourth-order valence-electron chi connectivity index (χ4n) is 2.11. The molecular formula is C17H26N2O7. The van der Waals surface area contributed by atoms with Crippen LogP contribution in [0, 0.1) is 17.8 Å². The van der Waals surface area contributed by atoms with Gasteiger partial charge in [-0.25, -0.2) is 9.59 Å². The molecule has 1 unspecified atom stereocenters. The highest BCUT2D eigenvalue weighted by atomic mass is 16.5. The van der Waals surface area contributed by atoms with Gasteiger partial charge >= 0.3 is 17.9 Å². The summed E-state index contributed by atoms with van der Waals surface area (Å²) < 4.78 is 5.07. The summed E-state index contributed by atoms with van der Waals surface area (Å²) in [5.41, 5.74) is 0. The maximum Gasteiger partial charge on any atom is 0.414 e. The van der Waals surface area contributed by atoms with Crippen molar-refractivity contribution in [3.8, 4) is 11.8 Å². The van der Waals surface area contributed by atoms with Crippen LogP contribution in [-0.2, 0) is 23.9 Å². The van der Waals surface area contributed by atoms with E-state index in [2.05, 4.69) is 16.7 Å². The van der Waals surface area contributed by atoms with Crippen LogP contribution in [0.15, 0.2) is 0 Å². The molecule has 1 heterocycles. The van der Waals surface area contributed by atoms with Gasteiger partial charge in [-0.05, 0) is 26.3 Å². The van der Waals surface area contributed by atoms with E-state index in [0.717, 1.165) is 25.9 Å². The minimum Gasteiger partial charge on any atom is -0.473 e. The summed E-state index contributed by atoms with van der Waals surface area (Å²) in [6.07, 6.45) is 1.90. The molecule has 9 nitrogen and oxygen atoms in total. The van der Waals surface area contributed by atoms with Crippen molar-refractivity contribution >= 4 is 23.8 Å². The third kappa shape index (κ3) is 10.3. The average molecular weight is 370 g/mol. The first-order valence-corrected chi connectivity index (χ1v) is 8.21. The van der Waals surface area contributed by atoms with Crippen LogP contribution in [0.25, 0.3) is 0 Å². The summed E-state index contributed by atoms with van der Waals surface area (Å²) in [5.74, 6) is 2.29. The molecule has 146 valence electrons. The number of esters is 1. The quantitative estimate of drug-likeness (QED) is 0.399. The number of aliphatic carboxylic acids is 2. The van der Waals surface area contributed by atoms with Crippen molar-refractivity contribution in [1.82, 2.24) is 9.80 Å². The van der Waals surface area contributed by atoms with Crippen LogP contribution in [0.1, 0.15) is 26.7 Å². The van der Waals surface area contributed by atoms with Crippen molar-refractivity contribution in [2.75, 3.05) is 39.8 Å². The van der Waals surface area contributed by atoms with Gasteiger partial charge in [0.15, 0.2) is 0 Å². The van der Waals surface area contributed by atoms with Crippen LogP contribution in [0.5, 0.6) is 0 Å². The van der Waals surface area contributed by atoms with Crippen molar-refractivity contribution < 1.29 is 34.1 Å². The summed E-state index contributed by atoms with van der Waals surface area (Å²) in [7, 11) is 1.73. The summed E-state index contributed by atoms with van der Waals surface area (Å²) in [4.78, 5) is 44.7. The lowest BCUT2D eigenvalue weighted by atomic mass is 9.98. The maximum absolute atomic E-state index is 11.7. The number of carboxylic acid groups (broad SMARTS) is 2. The Bertz CT molecular complexity index is 553. The molecule has 0 aliphatic carbocycles. The molecule has 0 aromatic heterocycles. The molecule has 0 aromatic rings. The smallest absolute Gasteiger partial charge is 0.414 e. The van der Waals surface area contributed by atoms with E-state index in [1.807, 2.05) is 6.92 Å². The van der Waals surface area contributed by atoms with E-state index in [9.17, 15) is 9.59 Å². The third-order valence-electron chi connectivity index (χ3n) is 3.59. The first-order valence-electron chi connectivity index (χ1n) is 8.21. The molecule has 1 aliphatic rings. The molecule has 0 aromatic carbocycles. The van der Waals surface area contributed by atoms with Crippen LogP contribution in [0.3, 0.4) is 0 Å². The van der Waals surface area contributed by atoms with Gasteiger partial charge in [0.2, 0.25) is 5.91 Å². The molecule has 26 heavy (non-hydrogen) atoms. The van der Waals surface area contributed by atoms with Crippen molar-refractivity contribution in [3.63, 3.8) is 0 Å². The Morgan fingerprint density at radius 3 is 2.31 bits per heavy atom. The summed E-state index contributed by atoms with van der Waals surface area (Å²) >= 11 is 0.